The first-order valence-electron chi connectivity index (χ1n) is 10.2. The van der Waals surface area contributed by atoms with E-state index in [0.29, 0.717) is 29.6 Å². The van der Waals surface area contributed by atoms with Crippen molar-refractivity contribution in [1.82, 2.24) is 30.5 Å². The summed E-state index contributed by atoms with van der Waals surface area (Å²) < 4.78 is 1.64. The standard InChI is InChI=1S/C22H20N6O4/c1-27-17-5-4-13(9-16(17)25-26-27)20(30)23-10-12-2-3-14-11-28(22(32)15(14)8-12)18-6-7-19(29)24-21(18)31/h2-5,8-9,18H,6-7,10-11H2,1H3,(H,23,30)(H,24,29,31). The SMILES string of the molecule is Cn1nnc2cc(C(=O)NCc3ccc4c(c3)C(=O)N(C3CCC(=O)NC3=O)C4)ccc21. The summed E-state index contributed by atoms with van der Waals surface area (Å²) in [6.45, 7) is 0.571. The molecule has 1 atom stereocenters. The van der Waals surface area contributed by atoms with Gasteiger partial charge in [0.1, 0.15) is 11.6 Å². The monoisotopic (exact) mass is 432 g/mol. The van der Waals surface area contributed by atoms with Crippen molar-refractivity contribution in [2.75, 3.05) is 0 Å². The van der Waals surface area contributed by atoms with E-state index in [1.54, 1.807) is 36.0 Å². The molecule has 0 radical (unpaired) electrons. The van der Waals surface area contributed by atoms with Crippen LogP contribution < -0.4 is 10.6 Å². The molecule has 32 heavy (non-hydrogen) atoms. The second-order valence-corrected chi connectivity index (χ2v) is 7.99. The first kappa shape index (κ1) is 19.9. The number of fused-ring (bicyclic) bond motifs is 2. The fourth-order valence-electron chi connectivity index (χ4n) is 4.18. The fraction of sp³-hybridized carbons (Fsp3) is 0.273. The summed E-state index contributed by atoms with van der Waals surface area (Å²) in [5.41, 5.74) is 4.05. The summed E-state index contributed by atoms with van der Waals surface area (Å²) >= 11 is 0. The average molecular weight is 432 g/mol. The topological polar surface area (TPSA) is 126 Å². The smallest absolute Gasteiger partial charge is 0.255 e. The van der Waals surface area contributed by atoms with Gasteiger partial charge < -0.3 is 10.2 Å². The molecule has 2 N–H and O–H groups in total. The number of nitrogens with one attached hydrogen (secondary N) is 2. The molecule has 0 bridgehead atoms. The van der Waals surface area contributed by atoms with Gasteiger partial charge in [-0.25, -0.2) is 4.68 Å². The molecule has 162 valence electrons. The van der Waals surface area contributed by atoms with Crippen LogP contribution in [0.4, 0.5) is 0 Å². The third-order valence-corrected chi connectivity index (χ3v) is 5.92. The second-order valence-electron chi connectivity index (χ2n) is 7.99. The Morgan fingerprint density at radius 3 is 2.84 bits per heavy atom. The zero-order chi connectivity index (χ0) is 22.4. The number of hydrogen-bond acceptors (Lipinski definition) is 6. The van der Waals surface area contributed by atoms with Crippen LogP contribution in [0, 0.1) is 0 Å². The minimum absolute atomic E-state index is 0.216. The van der Waals surface area contributed by atoms with E-state index < -0.39 is 11.9 Å². The Morgan fingerprint density at radius 1 is 1.19 bits per heavy atom. The van der Waals surface area contributed by atoms with Gasteiger partial charge in [0.2, 0.25) is 11.8 Å². The van der Waals surface area contributed by atoms with Gasteiger partial charge in [0, 0.05) is 37.7 Å². The molecule has 3 aromatic rings. The third kappa shape index (κ3) is 3.39. The lowest BCUT2D eigenvalue weighted by atomic mass is 10.0. The van der Waals surface area contributed by atoms with E-state index >= 15 is 0 Å². The maximum Gasteiger partial charge on any atom is 0.255 e. The van der Waals surface area contributed by atoms with Crippen LogP contribution in [-0.4, -0.2) is 49.6 Å². The Balaban J connectivity index is 1.27. The minimum atomic E-state index is -0.647. The molecule has 3 heterocycles. The highest BCUT2D eigenvalue weighted by Crippen LogP contribution is 2.28. The summed E-state index contributed by atoms with van der Waals surface area (Å²) in [4.78, 5) is 50.6. The van der Waals surface area contributed by atoms with E-state index in [-0.39, 0.29) is 30.7 Å². The molecular formula is C22H20N6O4. The number of rotatable bonds is 4. The van der Waals surface area contributed by atoms with Crippen LogP contribution in [0.25, 0.3) is 11.0 Å². The van der Waals surface area contributed by atoms with Gasteiger partial charge in [0.25, 0.3) is 11.8 Å². The Kier molecular flexibility index (Phi) is 4.69. The van der Waals surface area contributed by atoms with Gasteiger partial charge in [-0.1, -0.05) is 17.3 Å². The predicted molar refractivity (Wildman–Crippen MR) is 112 cm³/mol. The first-order chi connectivity index (χ1) is 15.4. The van der Waals surface area contributed by atoms with E-state index in [9.17, 15) is 19.2 Å². The van der Waals surface area contributed by atoms with Crippen LogP contribution in [0.3, 0.4) is 0 Å². The summed E-state index contributed by atoms with van der Waals surface area (Å²) in [7, 11) is 1.78. The molecule has 1 fully saturated rings. The molecular weight excluding hydrogens is 412 g/mol. The minimum Gasteiger partial charge on any atom is -0.348 e. The number of benzene rings is 2. The Morgan fingerprint density at radius 2 is 2.03 bits per heavy atom. The van der Waals surface area contributed by atoms with Crippen molar-refractivity contribution >= 4 is 34.7 Å². The van der Waals surface area contributed by atoms with Crippen molar-refractivity contribution in [3.8, 4) is 0 Å². The summed E-state index contributed by atoms with van der Waals surface area (Å²) in [6.07, 6.45) is 0.539. The third-order valence-electron chi connectivity index (χ3n) is 5.92. The molecule has 1 aromatic heterocycles. The molecule has 4 amide bonds. The molecule has 10 nitrogen and oxygen atoms in total. The molecule has 2 aromatic carbocycles. The molecule has 1 saturated heterocycles. The van der Waals surface area contributed by atoms with Crippen molar-refractivity contribution in [1.29, 1.82) is 0 Å². The molecule has 10 heteroatoms. The maximum atomic E-state index is 12.9. The van der Waals surface area contributed by atoms with Gasteiger partial charge in [0.05, 0.1) is 5.52 Å². The van der Waals surface area contributed by atoms with Crippen LogP contribution in [0.15, 0.2) is 36.4 Å². The normalized spacial score (nSPS) is 18.1. The highest BCUT2D eigenvalue weighted by molar-refractivity contribution is 6.05. The fourth-order valence-corrected chi connectivity index (χ4v) is 4.18. The van der Waals surface area contributed by atoms with E-state index in [4.69, 9.17) is 0 Å². The number of aromatic nitrogens is 3. The largest absolute Gasteiger partial charge is 0.348 e. The predicted octanol–water partition coefficient (Wildman–Crippen LogP) is 0.659. The van der Waals surface area contributed by atoms with E-state index in [1.165, 1.54) is 4.90 Å². The summed E-state index contributed by atoms with van der Waals surface area (Å²) in [5.74, 6) is -1.24. The van der Waals surface area contributed by atoms with Gasteiger partial charge in [-0.05, 0) is 41.8 Å². The van der Waals surface area contributed by atoms with Crippen LogP contribution in [0.5, 0.6) is 0 Å². The van der Waals surface area contributed by atoms with E-state index in [2.05, 4.69) is 20.9 Å². The van der Waals surface area contributed by atoms with Crippen molar-refractivity contribution < 1.29 is 19.2 Å². The van der Waals surface area contributed by atoms with Gasteiger partial charge in [-0.3, -0.25) is 24.5 Å². The van der Waals surface area contributed by atoms with Crippen LogP contribution in [0.1, 0.15) is 44.7 Å². The number of aryl methyl sites for hydroxylation is 1. The molecule has 2 aliphatic rings. The first-order valence-corrected chi connectivity index (χ1v) is 10.2. The van der Waals surface area contributed by atoms with Gasteiger partial charge in [-0.2, -0.15) is 0 Å². The lowest BCUT2D eigenvalue weighted by Crippen LogP contribution is -2.52. The highest BCUT2D eigenvalue weighted by Gasteiger charge is 2.39. The van der Waals surface area contributed by atoms with E-state index in [1.807, 2.05) is 12.1 Å². The zero-order valence-corrected chi connectivity index (χ0v) is 17.3. The zero-order valence-electron chi connectivity index (χ0n) is 17.3. The highest BCUT2D eigenvalue weighted by atomic mass is 16.2. The Bertz CT molecular complexity index is 1300. The van der Waals surface area contributed by atoms with E-state index in [0.717, 1.165) is 16.6 Å². The number of nitrogens with zero attached hydrogens (tertiary/aromatic N) is 4. The van der Waals surface area contributed by atoms with Crippen molar-refractivity contribution in [3.05, 3.63) is 58.7 Å². The summed E-state index contributed by atoms with van der Waals surface area (Å²) in [5, 5.41) is 13.1. The molecule has 2 aliphatic heterocycles. The number of hydrogen-bond donors (Lipinski definition) is 2. The van der Waals surface area contributed by atoms with Gasteiger partial charge >= 0.3 is 0 Å². The van der Waals surface area contributed by atoms with Crippen molar-refractivity contribution in [2.45, 2.75) is 32.0 Å². The Hall–Kier alpha value is -4.08. The number of amides is 4. The molecule has 0 saturated carbocycles. The number of carbonyl (C=O) groups is 4. The molecule has 0 aliphatic carbocycles. The molecule has 1 unspecified atom stereocenters. The quantitative estimate of drug-likeness (QED) is 0.584. The number of carbonyl (C=O) groups excluding carboxylic acids is 4. The Labute approximate surface area is 182 Å². The maximum absolute atomic E-state index is 12.9. The average Bonchev–Trinajstić information content (AvgIpc) is 3.31. The lowest BCUT2D eigenvalue weighted by molar-refractivity contribution is -0.136. The van der Waals surface area contributed by atoms with Crippen molar-refractivity contribution in [3.63, 3.8) is 0 Å². The van der Waals surface area contributed by atoms with Gasteiger partial charge in [0.15, 0.2) is 0 Å². The number of imide groups is 1. The van der Waals surface area contributed by atoms with Crippen LogP contribution in [0.2, 0.25) is 0 Å². The number of piperidine rings is 1. The van der Waals surface area contributed by atoms with Crippen LogP contribution >= 0.6 is 0 Å². The van der Waals surface area contributed by atoms with Gasteiger partial charge in [-0.15, -0.1) is 5.10 Å². The summed E-state index contributed by atoms with van der Waals surface area (Å²) in [6, 6.07) is 9.98. The molecule has 0 spiro atoms. The van der Waals surface area contributed by atoms with Crippen molar-refractivity contribution in [2.24, 2.45) is 7.05 Å². The van der Waals surface area contributed by atoms with Crippen LogP contribution in [-0.2, 0) is 29.7 Å². The second kappa shape index (κ2) is 7.56. The lowest BCUT2D eigenvalue weighted by Gasteiger charge is -2.29. The molecule has 5 rings (SSSR count).